The van der Waals surface area contributed by atoms with E-state index in [1.54, 1.807) is 0 Å². The number of halogens is 3. The van der Waals surface area contributed by atoms with Crippen LogP contribution in [0.3, 0.4) is 0 Å². The Morgan fingerprint density at radius 1 is 1.31 bits per heavy atom. The maximum Gasteiger partial charge on any atom is 0.416 e. The smallest absolute Gasteiger partial charge is 0.401 e. The number of allylic oxidation sites excluding steroid dienone is 1. The van der Waals surface area contributed by atoms with Gasteiger partial charge in [0.2, 0.25) is 9.84 Å². The number of alkyl halides is 3. The van der Waals surface area contributed by atoms with Crippen LogP contribution >= 0.6 is 0 Å². The lowest BCUT2D eigenvalue weighted by atomic mass is 10.2. The molecule has 0 fully saturated rings. The molecule has 1 unspecified atom stereocenters. The van der Waals surface area contributed by atoms with Gasteiger partial charge in [-0.2, -0.15) is 13.2 Å². The lowest BCUT2D eigenvalue weighted by Gasteiger charge is -2.27. The zero-order valence-electron chi connectivity index (χ0n) is 13.9. The molecule has 3 N–H and O–H groups in total. The van der Waals surface area contributed by atoms with Gasteiger partial charge in [-0.25, -0.2) is 8.42 Å². The van der Waals surface area contributed by atoms with E-state index in [1.165, 1.54) is 24.3 Å². The summed E-state index contributed by atoms with van der Waals surface area (Å²) >= 11 is 0. The van der Waals surface area contributed by atoms with Crippen LogP contribution in [0.4, 0.5) is 13.2 Å². The van der Waals surface area contributed by atoms with Gasteiger partial charge in [0.1, 0.15) is 0 Å². The van der Waals surface area contributed by atoms with Crippen LogP contribution in [0.15, 0.2) is 52.0 Å². The number of hydrogen-bond donors (Lipinski definition) is 2. The van der Waals surface area contributed by atoms with E-state index in [1.807, 2.05) is 0 Å². The fourth-order valence-corrected chi connectivity index (χ4v) is 3.83. The maximum absolute atomic E-state index is 12.7. The predicted molar refractivity (Wildman–Crippen MR) is 88.4 cm³/mol. The van der Waals surface area contributed by atoms with Crippen molar-refractivity contribution in [2.45, 2.75) is 17.2 Å². The summed E-state index contributed by atoms with van der Waals surface area (Å²) in [5.41, 5.74) is 5.09. The first-order valence-electron chi connectivity index (χ1n) is 7.55. The number of aliphatic hydroxyl groups excluding tert-OH is 1. The predicted octanol–water partition coefficient (Wildman–Crippen LogP) is 1.49. The number of methoxy groups -OCH3 is 1. The second-order valence-corrected chi connectivity index (χ2v) is 7.76. The number of nitrogens with two attached hydrogens (primary N) is 1. The molecule has 0 saturated heterocycles. The molecule has 10 heteroatoms. The van der Waals surface area contributed by atoms with Crippen molar-refractivity contribution in [1.82, 2.24) is 4.90 Å². The van der Waals surface area contributed by atoms with Gasteiger partial charge in [0.15, 0.2) is 0 Å². The van der Waals surface area contributed by atoms with E-state index in [9.17, 15) is 26.7 Å². The summed E-state index contributed by atoms with van der Waals surface area (Å²) in [4.78, 5) is 1.07. The molecule has 6 nitrogen and oxygen atoms in total. The van der Waals surface area contributed by atoms with E-state index in [2.05, 4.69) is 0 Å². The van der Waals surface area contributed by atoms with Gasteiger partial charge in [-0.1, -0.05) is 0 Å². The van der Waals surface area contributed by atoms with E-state index in [0.29, 0.717) is 12.1 Å². The summed E-state index contributed by atoms with van der Waals surface area (Å²) in [5, 5.41) is 9.79. The van der Waals surface area contributed by atoms with Crippen LogP contribution < -0.4 is 5.73 Å². The summed E-state index contributed by atoms with van der Waals surface area (Å²) in [7, 11) is -2.63. The first kappa shape index (κ1) is 20.3. The van der Waals surface area contributed by atoms with Crippen LogP contribution in [0.25, 0.3) is 0 Å². The second-order valence-electron chi connectivity index (χ2n) is 5.81. The minimum absolute atomic E-state index is 0.0644. The topological polar surface area (TPSA) is 92.9 Å². The fraction of sp³-hybridized carbons (Fsp3) is 0.375. The summed E-state index contributed by atoms with van der Waals surface area (Å²) in [6.45, 7) is 0.371. The lowest BCUT2D eigenvalue weighted by molar-refractivity contribution is -0.137. The molecule has 26 heavy (non-hydrogen) atoms. The molecule has 2 rings (SSSR count). The minimum atomic E-state index is -4.55. The SMILES string of the molecule is COCC(O)CN1C=C(S(=O)(=O)c2ccc(C(F)(F)F)cc2)C=C(N)C1. The molecule has 0 spiro atoms. The van der Waals surface area contributed by atoms with Crippen molar-refractivity contribution < 1.29 is 31.4 Å². The van der Waals surface area contributed by atoms with E-state index >= 15 is 0 Å². The molecule has 1 atom stereocenters. The van der Waals surface area contributed by atoms with E-state index in [0.717, 1.165) is 12.1 Å². The quantitative estimate of drug-likeness (QED) is 0.762. The molecule has 0 bridgehead atoms. The van der Waals surface area contributed by atoms with Gasteiger partial charge in [0.25, 0.3) is 0 Å². The molecule has 0 amide bonds. The number of aliphatic hydroxyl groups is 1. The number of sulfone groups is 1. The summed E-state index contributed by atoms with van der Waals surface area (Å²) in [6.07, 6.45) is -2.84. The summed E-state index contributed by atoms with van der Waals surface area (Å²) in [5.74, 6) is 0. The maximum atomic E-state index is 12.7. The zero-order chi connectivity index (χ0) is 19.5. The normalized spacial score (nSPS) is 16.9. The highest BCUT2D eigenvalue weighted by Gasteiger charge is 2.31. The van der Waals surface area contributed by atoms with Crippen molar-refractivity contribution in [3.63, 3.8) is 0 Å². The van der Waals surface area contributed by atoms with Crippen LogP contribution in [0.5, 0.6) is 0 Å². The van der Waals surface area contributed by atoms with Crippen LogP contribution in [0, 0.1) is 0 Å². The average molecular weight is 392 g/mol. The van der Waals surface area contributed by atoms with Gasteiger partial charge in [-0.15, -0.1) is 0 Å². The lowest BCUT2D eigenvalue weighted by Crippen LogP contribution is -2.36. The molecule has 1 heterocycles. The monoisotopic (exact) mass is 392 g/mol. The first-order chi connectivity index (χ1) is 12.0. The molecule has 0 aromatic heterocycles. The van der Waals surface area contributed by atoms with Crippen LogP contribution in [0.1, 0.15) is 5.56 Å². The Balaban J connectivity index is 2.30. The van der Waals surface area contributed by atoms with Crippen molar-refractivity contribution in [2.75, 3.05) is 26.8 Å². The fourth-order valence-electron chi connectivity index (χ4n) is 2.46. The van der Waals surface area contributed by atoms with E-state index in [-0.39, 0.29) is 35.2 Å². The number of ether oxygens (including phenoxy) is 1. The Labute approximate surface area is 149 Å². The van der Waals surface area contributed by atoms with Gasteiger partial charge in [0.05, 0.1) is 34.6 Å². The molecule has 1 aromatic carbocycles. The number of β-amino-alcohol motifs (C(OH)–C–C–N with tert-alkyl or cyclic N) is 1. The number of rotatable bonds is 6. The molecule has 1 aliphatic heterocycles. The van der Waals surface area contributed by atoms with E-state index in [4.69, 9.17) is 10.5 Å². The van der Waals surface area contributed by atoms with Gasteiger partial charge < -0.3 is 20.5 Å². The van der Waals surface area contributed by atoms with Crippen molar-refractivity contribution >= 4 is 9.84 Å². The molecule has 0 saturated carbocycles. The van der Waals surface area contributed by atoms with Crippen LogP contribution in [-0.4, -0.2) is 51.3 Å². The molecule has 1 aliphatic rings. The largest absolute Gasteiger partial charge is 0.416 e. The first-order valence-corrected chi connectivity index (χ1v) is 9.03. The van der Waals surface area contributed by atoms with Crippen molar-refractivity contribution in [3.8, 4) is 0 Å². The Morgan fingerprint density at radius 2 is 1.92 bits per heavy atom. The molecule has 1 aromatic rings. The Kier molecular flexibility index (Phi) is 5.99. The van der Waals surface area contributed by atoms with Crippen molar-refractivity contribution in [3.05, 3.63) is 52.7 Å². The highest BCUT2D eigenvalue weighted by atomic mass is 32.2. The van der Waals surface area contributed by atoms with E-state index < -0.39 is 27.7 Å². The molecular weight excluding hydrogens is 373 g/mol. The van der Waals surface area contributed by atoms with Crippen LogP contribution in [0.2, 0.25) is 0 Å². The molecular formula is C16H19F3N2O4S. The average Bonchev–Trinajstić information content (AvgIpc) is 2.53. The second kappa shape index (κ2) is 7.68. The Hall–Kier alpha value is -2.04. The Morgan fingerprint density at radius 3 is 2.46 bits per heavy atom. The van der Waals surface area contributed by atoms with Crippen LogP contribution in [-0.2, 0) is 20.8 Å². The van der Waals surface area contributed by atoms with Crippen molar-refractivity contribution in [2.24, 2.45) is 5.73 Å². The third kappa shape index (κ3) is 4.77. The highest BCUT2D eigenvalue weighted by molar-refractivity contribution is 7.95. The number of hydrogen-bond acceptors (Lipinski definition) is 6. The third-order valence-corrected chi connectivity index (χ3v) is 5.37. The number of nitrogens with zero attached hydrogens (tertiary/aromatic N) is 1. The minimum Gasteiger partial charge on any atom is -0.401 e. The highest BCUT2D eigenvalue weighted by Crippen LogP contribution is 2.31. The third-order valence-electron chi connectivity index (χ3n) is 3.63. The van der Waals surface area contributed by atoms with Gasteiger partial charge in [-0.3, -0.25) is 0 Å². The van der Waals surface area contributed by atoms with Gasteiger partial charge in [0, 0.05) is 25.6 Å². The van der Waals surface area contributed by atoms with Crippen molar-refractivity contribution in [1.29, 1.82) is 0 Å². The number of benzene rings is 1. The molecule has 0 aliphatic carbocycles. The summed E-state index contributed by atoms with van der Waals surface area (Å²) in [6, 6.07) is 3.23. The standard InChI is InChI=1S/C16H19F3N2O4S/c1-25-10-13(22)8-21-7-12(20)6-15(9-21)26(23,24)14-4-2-11(3-5-14)16(17,18)19/h2-6,9,13,22H,7-8,10,20H2,1H3. The summed E-state index contributed by atoms with van der Waals surface area (Å²) < 4.78 is 68.1. The van der Waals surface area contributed by atoms with Gasteiger partial charge >= 0.3 is 6.18 Å². The Bertz CT molecular complexity index is 802. The molecule has 0 radical (unpaired) electrons. The molecule has 144 valence electrons. The van der Waals surface area contributed by atoms with Gasteiger partial charge in [-0.05, 0) is 30.3 Å². The zero-order valence-corrected chi connectivity index (χ0v) is 14.7.